The zero-order chi connectivity index (χ0) is 10.1. The molecule has 0 unspecified atom stereocenters. The molecule has 0 radical (unpaired) electrons. The van der Waals surface area contributed by atoms with Crippen molar-refractivity contribution in [2.45, 2.75) is 19.3 Å². The maximum Gasteiger partial charge on any atom is 0.252 e. The highest BCUT2D eigenvalue weighted by molar-refractivity contribution is 7.18. The standard InChI is InChI=1S/C8H7ClF2OS/c1-8(10,11)4-5(12)6-2-3-7(9)13-6/h2-3H,4H2,1H3. The van der Waals surface area contributed by atoms with Crippen LogP contribution in [-0.4, -0.2) is 11.7 Å². The SMILES string of the molecule is CC(F)(F)CC(=O)c1ccc(Cl)s1. The Kier molecular flexibility index (Phi) is 3.03. The first-order valence-electron chi connectivity index (χ1n) is 3.55. The normalized spacial score (nSPS) is 11.7. The summed E-state index contributed by atoms with van der Waals surface area (Å²) in [6, 6.07) is 2.98. The fourth-order valence-electron chi connectivity index (χ4n) is 0.833. The number of hydrogen-bond acceptors (Lipinski definition) is 2. The van der Waals surface area contributed by atoms with Crippen LogP contribution in [0.4, 0.5) is 8.78 Å². The summed E-state index contributed by atoms with van der Waals surface area (Å²) >= 11 is 6.57. The first-order chi connectivity index (χ1) is 5.88. The number of carbonyl (C=O) groups is 1. The fraction of sp³-hybridized carbons (Fsp3) is 0.375. The van der Waals surface area contributed by atoms with E-state index in [1.165, 1.54) is 12.1 Å². The van der Waals surface area contributed by atoms with E-state index in [0.717, 1.165) is 18.3 Å². The van der Waals surface area contributed by atoms with Gasteiger partial charge in [0.2, 0.25) is 0 Å². The molecular weight excluding hydrogens is 218 g/mol. The topological polar surface area (TPSA) is 17.1 Å². The monoisotopic (exact) mass is 224 g/mol. The van der Waals surface area contributed by atoms with E-state index in [4.69, 9.17) is 11.6 Å². The van der Waals surface area contributed by atoms with Crippen molar-refractivity contribution in [1.29, 1.82) is 0 Å². The van der Waals surface area contributed by atoms with Gasteiger partial charge in [-0.15, -0.1) is 11.3 Å². The van der Waals surface area contributed by atoms with Gasteiger partial charge in [0, 0.05) is 0 Å². The zero-order valence-corrected chi connectivity index (χ0v) is 8.38. The summed E-state index contributed by atoms with van der Waals surface area (Å²) in [6.45, 7) is 0.722. The van der Waals surface area contributed by atoms with Gasteiger partial charge in [-0.05, 0) is 19.1 Å². The lowest BCUT2D eigenvalue weighted by Crippen LogP contribution is -2.15. The molecule has 0 spiro atoms. The summed E-state index contributed by atoms with van der Waals surface area (Å²) in [5, 5.41) is 0. The number of carbonyl (C=O) groups excluding carboxylic acids is 1. The Balaban J connectivity index is 2.70. The third-order valence-corrected chi connectivity index (χ3v) is 2.59. The summed E-state index contributed by atoms with van der Waals surface area (Å²) in [7, 11) is 0. The molecule has 0 aliphatic rings. The lowest BCUT2D eigenvalue weighted by molar-refractivity contribution is 0.0157. The number of ketones is 1. The number of hydrogen-bond donors (Lipinski definition) is 0. The van der Waals surface area contributed by atoms with Crippen molar-refractivity contribution in [3.05, 3.63) is 21.3 Å². The van der Waals surface area contributed by atoms with Crippen molar-refractivity contribution in [1.82, 2.24) is 0 Å². The summed E-state index contributed by atoms with van der Waals surface area (Å²) in [6.07, 6.45) is -0.760. The average Bonchev–Trinajstić information content (AvgIpc) is 2.31. The van der Waals surface area contributed by atoms with Gasteiger partial charge in [0.1, 0.15) is 0 Å². The van der Waals surface area contributed by atoms with Gasteiger partial charge in [-0.2, -0.15) is 0 Å². The number of Topliss-reactive ketones (excluding diaryl/α,β-unsaturated/α-hetero) is 1. The second-order valence-electron chi connectivity index (χ2n) is 2.77. The lowest BCUT2D eigenvalue weighted by Gasteiger charge is -2.06. The molecular formula is C8H7ClF2OS. The lowest BCUT2D eigenvalue weighted by atomic mass is 10.1. The van der Waals surface area contributed by atoms with E-state index >= 15 is 0 Å². The first-order valence-corrected chi connectivity index (χ1v) is 4.74. The number of thiophene rings is 1. The molecule has 0 saturated carbocycles. The molecule has 72 valence electrons. The number of halogens is 3. The minimum atomic E-state index is -2.95. The van der Waals surface area contributed by atoms with Crippen molar-refractivity contribution < 1.29 is 13.6 Å². The fourth-order valence-corrected chi connectivity index (χ4v) is 1.81. The molecule has 0 aliphatic carbocycles. The van der Waals surface area contributed by atoms with Crippen molar-refractivity contribution in [3.8, 4) is 0 Å². The highest BCUT2D eigenvalue weighted by atomic mass is 35.5. The maximum absolute atomic E-state index is 12.4. The van der Waals surface area contributed by atoms with E-state index in [0.29, 0.717) is 4.34 Å². The van der Waals surface area contributed by atoms with Gasteiger partial charge in [0.15, 0.2) is 5.78 Å². The Hall–Kier alpha value is -0.480. The van der Waals surface area contributed by atoms with Crippen molar-refractivity contribution in [3.63, 3.8) is 0 Å². The Morgan fingerprint density at radius 1 is 1.62 bits per heavy atom. The van der Waals surface area contributed by atoms with E-state index in [2.05, 4.69) is 0 Å². The molecule has 0 fully saturated rings. The molecule has 1 aromatic heterocycles. The van der Waals surface area contributed by atoms with Gasteiger partial charge in [-0.3, -0.25) is 4.79 Å². The van der Waals surface area contributed by atoms with Crippen LogP contribution in [0.1, 0.15) is 23.0 Å². The van der Waals surface area contributed by atoms with Gasteiger partial charge in [-0.1, -0.05) is 11.6 Å². The van der Waals surface area contributed by atoms with Crippen LogP contribution >= 0.6 is 22.9 Å². The zero-order valence-electron chi connectivity index (χ0n) is 6.81. The molecule has 1 nitrogen and oxygen atoms in total. The first kappa shape index (κ1) is 10.6. The minimum absolute atomic E-state index is 0.284. The summed E-state index contributed by atoms with van der Waals surface area (Å²) in [4.78, 5) is 11.4. The second-order valence-corrected chi connectivity index (χ2v) is 4.49. The van der Waals surface area contributed by atoms with Crippen LogP contribution in [0.5, 0.6) is 0 Å². The van der Waals surface area contributed by atoms with Gasteiger partial charge in [0.25, 0.3) is 5.92 Å². The molecule has 5 heteroatoms. The molecule has 0 N–H and O–H groups in total. The summed E-state index contributed by atoms with van der Waals surface area (Å²) in [5.41, 5.74) is 0. The molecule has 0 atom stereocenters. The third kappa shape index (κ3) is 3.40. The van der Waals surface area contributed by atoms with Crippen LogP contribution in [0.2, 0.25) is 4.34 Å². The molecule has 0 aromatic carbocycles. The van der Waals surface area contributed by atoms with Gasteiger partial charge in [-0.25, -0.2) is 8.78 Å². The maximum atomic E-state index is 12.4. The van der Waals surface area contributed by atoms with Gasteiger partial charge >= 0.3 is 0 Å². The quantitative estimate of drug-likeness (QED) is 0.717. The van der Waals surface area contributed by atoms with Crippen LogP contribution in [0.25, 0.3) is 0 Å². The molecule has 13 heavy (non-hydrogen) atoms. The van der Waals surface area contributed by atoms with Crippen molar-refractivity contribution in [2.75, 3.05) is 0 Å². The molecule has 0 bridgehead atoms. The van der Waals surface area contributed by atoms with Crippen molar-refractivity contribution >= 4 is 28.7 Å². The van der Waals surface area contributed by atoms with Crippen molar-refractivity contribution in [2.24, 2.45) is 0 Å². The van der Waals surface area contributed by atoms with Crippen LogP contribution < -0.4 is 0 Å². The third-order valence-electron chi connectivity index (χ3n) is 1.32. The van der Waals surface area contributed by atoms with E-state index in [9.17, 15) is 13.6 Å². The number of alkyl halides is 2. The summed E-state index contributed by atoms with van der Waals surface area (Å²) in [5.74, 6) is -3.52. The van der Waals surface area contributed by atoms with Crippen LogP contribution in [0, 0.1) is 0 Å². The molecule has 1 aromatic rings. The largest absolute Gasteiger partial charge is 0.293 e. The molecule has 1 rings (SSSR count). The van der Waals surface area contributed by atoms with Crippen LogP contribution in [-0.2, 0) is 0 Å². The Morgan fingerprint density at radius 2 is 2.23 bits per heavy atom. The minimum Gasteiger partial charge on any atom is -0.293 e. The van der Waals surface area contributed by atoms with Gasteiger partial charge < -0.3 is 0 Å². The predicted octanol–water partition coefficient (Wildman–Crippen LogP) is 3.63. The Labute approximate surface area is 83.3 Å². The Bertz CT molecular complexity index is 316. The van der Waals surface area contributed by atoms with Gasteiger partial charge in [0.05, 0.1) is 15.6 Å². The number of rotatable bonds is 3. The molecule has 0 aliphatic heterocycles. The molecule has 0 saturated heterocycles. The van der Waals surface area contributed by atoms with Crippen LogP contribution in [0.15, 0.2) is 12.1 Å². The van der Waals surface area contributed by atoms with Crippen LogP contribution in [0.3, 0.4) is 0 Å². The Morgan fingerprint density at radius 3 is 2.62 bits per heavy atom. The highest BCUT2D eigenvalue weighted by Gasteiger charge is 2.26. The van der Waals surface area contributed by atoms with E-state index < -0.39 is 18.1 Å². The second kappa shape index (κ2) is 3.72. The smallest absolute Gasteiger partial charge is 0.252 e. The summed E-state index contributed by atoms with van der Waals surface area (Å²) < 4.78 is 25.3. The molecule has 1 heterocycles. The predicted molar refractivity (Wildman–Crippen MR) is 48.9 cm³/mol. The molecule has 0 amide bonds. The average molecular weight is 225 g/mol. The van der Waals surface area contributed by atoms with E-state index in [1.807, 2.05) is 0 Å². The highest BCUT2D eigenvalue weighted by Crippen LogP contribution is 2.26. The van der Waals surface area contributed by atoms with E-state index in [1.54, 1.807) is 0 Å². The van der Waals surface area contributed by atoms with E-state index in [-0.39, 0.29) is 4.88 Å².